The van der Waals surface area contributed by atoms with Crippen molar-refractivity contribution in [1.82, 2.24) is 0 Å². The fourth-order valence-electron chi connectivity index (χ4n) is 0.767. The molecule has 0 aromatic rings. The van der Waals surface area contributed by atoms with E-state index in [4.69, 9.17) is 11.6 Å². The quantitative estimate of drug-likeness (QED) is 0.462. The number of Topliss-reactive ketones (excluding diaryl/α,β-unsaturated/α-hetero) is 1. The Bertz CT molecular complexity index is 150. The Morgan fingerprint density at radius 1 is 1.45 bits per heavy atom. The molecule has 0 amide bonds. The van der Waals surface area contributed by atoms with Gasteiger partial charge in [-0.05, 0) is 12.8 Å². The van der Waals surface area contributed by atoms with Crippen LogP contribution in [-0.2, 0) is 4.79 Å². The Labute approximate surface area is 73.4 Å². The number of halogens is 1. The molecule has 1 nitrogen and oxygen atoms in total. The van der Waals surface area contributed by atoms with Crippen LogP contribution in [0.4, 0.5) is 0 Å². The van der Waals surface area contributed by atoms with E-state index < -0.39 is 0 Å². The largest absolute Gasteiger partial charge is 0.294 e. The molecule has 0 heterocycles. The van der Waals surface area contributed by atoms with Gasteiger partial charge in [-0.2, -0.15) is 0 Å². The van der Waals surface area contributed by atoms with Gasteiger partial charge in [0.25, 0.3) is 0 Å². The van der Waals surface area contributed by atoms with Gasteiger partial charge in [-0.25, -0.2) is 0 Å². The molecule has 0 rings (SSSR count). The van der Waals surface area contributed by atoms with E-state index in [9.17, 15) is 4.79 Å². The number of ketones is 1. The summed E-state index contributed by atoms with van der Waals surface area (Å²) in [6, 6.07) is 0. The van der Waals surface area contributed by atoms with Gasteiger partial charge in [0, 0.05) is 6.92 Å². The van der Waals surface area contributed by atoms with Gasteiger partial charge in [-0.3, -0.25) is 4.79 Å². The number of carbonyl (C=O) groups is 1. The van der Waals surface area contributed by atoms with Crippen molar-refractivity contribution in [3.8, 4) is 0 Å². The molecule has 11 heavy (non-hydrogen) atoms. The Kier molecular flexibility index (Phi) is 6.24. The molecule has 0 unspecified atom stereocenters. The zero-order valence-corrected chi connectivity index (χ0v) is 7.95. The molecule has 0 aromatic carbocycles. The molecule has 0 aliphatic rings. The maximum Gasteiger partial charge on any atom is 0.170 e. The Morgan fingerprint density at radius 2 is 2.09 bits per heavy atom. The van der Waals surface area contributed by atoms with Gasteiger partial charge >= 0.3 is 0 Å². The number of carbonyl (C=O) groups excluding carboxylic acids is 1. The third-order valence-corrected chi connectivity index (χ3v) is 1.89. The normalized spacial score (nSPS) is 11.7. The van der Waals surface area contributed by atoms with E-state index in [-0.39, 0.29) is 5.78 Å². The van der Waals surface area contributed by atoms with Crippen molar-refractivity contribution in [2.45, 2.75) is 39.5 Å². The molecule has 0 fully saturated rings. The third-order valence-electron chi connectivity index (χ3n) is 1.47. The molecule has 0 N–H and O–H groups in total. The Hall–Kier alpha value is -0.300. The minimum Gasteiger partial charge on any atom is -0.294 e. The van der Waals surface area contributed by atoms with Crippen LogP contribution in [0.15, 0.2) is 11.1 Å². The fourth-order valence-corrected chi connectivity index (χ4v) is 0.876. The van der Waals surface area contributed by atoms with Crippen molar-refractivity contribution in [3.05, 3.63) is 11.1 Å². The predicted molar refractivity (Wildman–Crippen MR) is 48.8 cm³/mol. The Morgan fingerprint density at radius 3 is 2.55 bits per heavy atom. The average molecular weight is 175 g/mol. The summed E-state index contributed by atoms with van der Waals surface area (Å²) < 4.78 is 0. The second-order valence-corrected chi connectivity index (χ2v) is 3.01. The summed E-state index contributed by atoms with van der Waals surface area (Å²) in [5.41, 5.74) is 0. The maximum absolute atomic E-state index is 10.6. The van der Waals surface area contributed by atoms with Crippen molar-refractivity contribution in [3.63, 3.8) is 0 Å². The highest BCUT2D eigenvalue weighted by Gasteiger charge is 1.96. The van der Waals surface area contributed by atoms with Crippen LogP contribution < -0.4 is 0 Å². The Balaban J connectivity index is 3.48. The lowest BCUT2D eigenvalue weighted by atomic mass is 10.2. The molecule has 0 spiro atoms. The number of hydrogen-bond acceptors (Lipinski definition) is 1. The smallest absolute Gasteiger partial charge is 0.170 e. The standard InChI is InChI=1S/C9H15ClO/c1-3-4-5-6-7-9(10)8(2)11/h7H,3-6H2,1-2H3. The van der Waals surface area contributed by atoms with E-state index in [2.05, 4.69) is 6.92 Å². The molecular formula is C9H15ClO. The third kappa shape index (κ3) is 6.11. The summed E-state index contributed by atoms with van der Waals surface area (Å²) in [6.07, 6.45) is 6.26. The molecule has 0 aromatic heterocycles. The summed E-state index contributed by atoms with van der Waals surface area (Å²) >= 11 is 5.61. The molecule has 0 atom stereocenters. The highest BCUT2D eigenvalue weighted by atomic mass is 35.5. The van der Waals surface area contributed by atoms with Gasteiger partial charge in [0.15, 0.2) is 5.78 Å². The zero-order chi connectivity index (χ0) is 8.69. The molecule has 0 saturated heterocycles. The van der Waals surface area contributed by atoms with Crippen LogP contribution in [0, 0.1) is 0 Å². The van der Waals surface area contributed by atoms with Crippen LogP contribution in [0.25, 0.3) is 0 Å². The van der Waals surface area contributed by atoms with Crippen molar-refractivity contribution >= 4 is 17.4 Å². The van der Waals surface area contributed by atoms with E-state index in [0.717, 1.165) is 12.8 Å². The van der Waals surface area contributed by atoms with Crippen molar-refractivity contribution in [1.29, 1.82) is 0 Å². The van der Waals surface area contributed by atoms with E-state index in [0.29, 0.717) is 5.03 Å². The van der Waals surface area contributed by atoms with E-state index in [1.807, 2.05) is 0 Å². The predicted octanol–water partition coefficient (Wildman–Crippen LogP) is 3.28. The van der Waals surface area contributed by atoms with Gasteiger partial charge < -0.3 is 0 Å². The monoisotopic (exact) mass is 174 g/mol. The van der Waals surface area contributed by atoms with Crippen LogP contribution in [0.1, 0.15) is 39.5 Å². The first-order chi connectivity index (χ1) is 5.18. The molecule has 0 saturated carbocycles. The maximum atomic E-state index is 10.6. The lowest BCUT2D eigenvalue weighted by molar-refractivity contribution is -0.113. The average Bonchev–Trinajstić information content (AvgIpc) is 1.97. The molecule has 2 heteroatoms. The summed E-state index contributed by atoms with van der Waals surface area (Å²) in [7, 11) is 0. The van der Waals surface area contributed by atoms with Crippen LogP contribution >= 0.6 is 11.6 Å². The minimum atomic E-state index is -0.0387. The fraction of sp³-hybridized carbons (Fsp3) is 0.667. The topological polar surface area (TPSA) is 17.1 Å². The number of hydrogen-bond donors (Lipinski definition) is 0. The SMILES string of the molecule is CCCCCC=C(Cl)C(C)=O. The number of unbranched alkanes of at least 4 members (excludes halogenated alkanes) is 3. The lowest BCUT2D eigenvalue weighted by Crippen LogP contribution is -1.87. The summed E-state index contributed by atoms with van der Waals surface area (Å²) in [4.78, 5) is 10.6. The van der Waals surface area contributed by atoms with Crippen LogP contribution in [-0.4, -0.2) is 5.78 Å². The van der Waals surface area contributed by atoms with Gasteiger partial charge in [-0.15, -0.1) is 0 Å². The highest BCUT2D eigenvalue weighted by molar-refractivity contribution is 6.42. The molecule has 0 radical (unpaired) electrons. The summed E-state index contributed by atoms with van der Waals surface area (Å²) in [5, 5.41) is 0.376. The first-order valence-electron chi connectivity index (χ1n) is 4.05. The van der Waals surface area contributed by atoms with E-state index >= 15 is 0 Å². The molecule has 64 valence electrons. The van der Waals surface area contributed by atoms with Crippen LogP contribution in [0.2, 0.25) is 0 Å². The zero-order valence-electron chi connectivity index (χ0n) is 7.19. The first-order valence-corrected chi connectivity index (χ1v) is 4.43. The second kappa shape index (κ2) is 6.41. The second-order valence-electron chi connectivity index (χ2n) is 2.60. The van der Waals surface area contributed by atoms with E-state index in [1.54, 1.807) is 6.08 Å². The van der Waals surface area contributed by atoms with Crippen LogP contribution in [0.5, 0.6) is 0 Å². The van der Waals surface area contributed by atoms with Gasteiger partial charge in [0.1, 0.15) is 0 Å². The minimum absolute atomic E-state index is 0.0387. The molecular weight excluding hydrogens is 160 g/mol. The van der Waals surface area contributed by atoms with Gasteiger partial charge in [0.2, 0.25) is 0 Å². The van der Waals surface area contributed by atoms with Crippen molar-refractivity contribution in [2.24, 2.45) is 0 Å². The van der Waals surface area contributed by atoms with Crippen LogP contribution in [0.3, 0.4) is 0 Å². The molecule has 0 aliphatic carbocycles. The molecule has 0 aliphatic heterocycles. The van der Waals surface area contributed by atoms with Gasteiger partial charge in [0.05, 0.1) is 5.03 Å². The summed E-state index contributed by atoms with van der Waals surface area (Å²) in [5.74, 6) is -0.0387. The number of allylic oxidation sites excluding steroid dienone is 2. The first kappa shape index (κ1) is 10.7. The van der Waals surface area contributed by atoms with Crippen molar-refractivity contribution < 1.29 is 4.79 Å². The lowest BCUT2D eigenvalue weighted by Gasteiger charge is -1.93. The molecule has 0 bridgehead atoms. The number of rotatable bonds is 5. The van der Waals surface area contributed by atoms with E-state index in [1.165, 1.54) is 19.8 Å². The highest BCUT2D eigenvalue weighted by Crippen LogP contribution is 2.07. The summed E-state index contributed by atoms with van der Waals surface area (Å²) in [6.45, 7) is 3.63. The van der Waals surface area contributed by atoms with Crippen molar-refractivity contribution in [2.75, 3.05) is 0 Å². The van der Waals surface area contributed by atoms with Gasteiger partial charge in [-0.1, -0.05) is 37.4 Å².